The minimum atomic E-state index is -0.407. The fourth-order valence-corrected chi connectivity index (χ4v) is 3.89. The average Bonchev–Trinajstić information content (AvgIpc) is 2.51. The van der Waals surface area contributed by atoms with Crippen molar-refractivity contribution in [2.75, 3.05) is 25.6 Å². The van der Waals surface area contributed by atoms with E-state index in [-0.39, 0.29) is 11.8 Å². The van der Waals surface area contributed by atoms with Crippen LogP contribution in [0.15, 0.2) is 24.3 Å². The Morgan fingerprint density at radius 1 is 1.29 bits per heavy atom. The summed E-state index contributed by atoms with van der Waals surface area (Å²) >= 11 is 5.75. The van der Waals surface area contributed by atoms with Crippen molar-refractivity contribution >= 4 is 17.5 Å². The van der Waals surface area contributed by atoms with Crippen LogP contribution in [0, 0.1) is 11.8 Å². The number of carbonyl (C=O) groups is 1. The van der Waals surface area contributed by atoms with Gasteiger partial charge in [0.2, 0.25) is 5.91 Å². The molecule has 0 bridgehead atoms. The Morgan fingerprint density at radius 2 is 2.10 bits per heavy atom. The minimum Gasteiger partial charge on any atom is -0.369 e. The van der Waals surface area contributed by atoms with Gasteiger partial charge in [-0.05, 0) is 32.1 Å². The molecule has 0 spiro atoms. The third-order valence-corrected chi connectivity index (χ3v) is 5.29. The Labute approximate surface area is 132 Å². The Hall–Kier alpha value is -0.800. The summed E-state index contributed by atoms with van der Waals surface area (Å²) in [6.45, 7) is 2.45. The molecule has 2 aliphatic carbocycles. The molecule has 3 atom stereocenters. The SMILES string of the molecule is O=C(C1CC2C=CC=CC21OCCCCl)N1CCCCC1. The lowest BCUT2D eigenvalue weighted by molar-refractivity contribution is -0.175. The van der Waals surface area contributed by atoms with Crippen LogP contribution in [0.4, 0.5) is 0 Å². The Bertz CT molecular complexity index is 442. The molecule has 3 aliphatic rings. The van der Waals surface area contributed by atoms with Gasteiger partial charge in [0.1, 0.15) is 5.60 Å². The third kappa shape index (κ3) is 2.78. The third-order valence-electron chi connectivity index (χ3n) is 5.02. The second kappa shape index (κ2) is 6.53. The molecule has 1 heterocycles. The molecular formula is C17H24ClNO2. The van der Waals surface area contributed by atoms with E-state index in [1.807, 2.05) is 11.0 Å². The topological polar surface area (TPSA) is 29.5 Å². The number of hydrogen-bond acceptors (Lipinski definition) is 2. The molecule has 3 rings (SSSR count). The summed E-state index contributed by atoms with van der Waals surface area (Å²) in [4.78, 5) is 14.9. The van der Waals surface area contributed by atoms with Gasteiger partial charge < -0.3 is 9.64 Å². The van der Waals surface area contributed by atoms with Gasteiger partial charge in [0, 0.05) is 31.5 Å². The molecule has 1 saturated carbocycles. The van der Waals surface area contributed by atoms with E-state index in [0.29, 0.717) is 18.4 Å². The average molecular weight is 310 g/mol. The number of nitrogens with zero attached hydrogens (tertiary/aromatic N) is 1. The molecule has 3 nitrogen and oxygen atoms in total. The first-order valence-corrected chi connectivity index (χ1v) is 8.66. The summed E-state index contributed by atoms with van der Waals surface area (Å²) in [5, 5.41) is 0. The van der Waals surface area contributed by atoms with Crippen LogP contribution >= 0.6 is 11.6 Å². The van der Waals surface area contributed by atoms with E-state index < -0.39 is 5.60 Å². The molecule has 0 radical (unpaired) electrons. The number of ether oxygens (including phenoxy) is 1. The number of alkyl halides is 1. The van der Waals surface area contributed by atoms with E-state index >= 15 is 0 Å². The number of hydrogen-bond donors (Lipinski definition) is 0. The monoisotopic (exact) mass is 309 g/mol. The summed E-state index contributed by atoms with van der Waals surface area (Å²) in [5.74, 6) is 1.22. The van der Waals surface area contributed by atoms with Crippen LogP contribution in [0.25, 0.3) is 0 Å². The van der Waals surface area contributed by atoms with Crippen molar-refractivity contribution in [3.05, 3.63) is 24.3 Å². The van der Waals surface area contributed by atoms with Gasteiger partial charge in [-0.3, -0.25) is 4.79 Å². The number of allylic oxidation sites excluding steroid dienone is 2. The normalized spacial score (nSPS) is 34.4. The first-order valence-electron chi connectivity index (χ1n) is 8.12. The largest absolute Gasteiger partial charge is 0.369 e. The minimum absolute atomic E-state index is 0.0166. The number of carbonyl (C=O) groups excluding carboxylic acids is 1. The zero-order valence-electron chi connectivity index (χ0n) is 12.5. The fraction of sp³-hybridized carbons (Fsp3) is 0.706. The van der Waals surface area contributed by atoms with Crippen LogP contribution in [-0.2, 0) is 9.53 Å². The highest BCUT2D eigenvalue weighted by molar-refractivity contribution is 6.17. The summed E-state index contributed by atoms with van der Waals surface area (Å²) in [7, 11) is 0. The first-order chi connectivity index (χ1) is 10.3. The van der Waals surface area contributed by atoms with E-state index in [1.165, 1.54) is 6.42 Å². The zero-order chi connectivity index (χ0) is 14.7. The van der Waals surface area contributed by atoms with Crippen LogP contribution in [0.5, 0.6) is 0 Å². The quantitative estimate of drug-likeness (QED) is 0.577. The maximum absolute atomic E-state index is 12.8. The second-order valence-corrected chi connectivity index (χ2v) is 6.65. The first kappa shape index (κ1) is 15.1. The van der Waals surface area contributed by atoms with Gasteiger partial charge in [-0.15, -0.1) is 11.6 Å². The van der Waals surface area contributed by atoms with Crippen LogP contribution < -0.4 is 0 Å². The number of rotatable bonds is 5. The van der Waals surface area contributed by atoms with Crippen molar-refractivity contribution in [3.63, 3.8) is 0 Å². The fourth-order valence-electron chi connectivity index (χ4n) is 3.78. The van der Waals surface area contributed by atoms with Crippen molar-refractivity contribution in [2.24, 2.45) is 11.8 Å². The van der Waals surface area contributed by atoms with Crippen LogP contribution in [-0.4, -0.2) is 42.0 Å². The predicted octanol–water partition coefficient (Wildman–Crippen LogP) is 3.15. The molecule has 0 aromatic heterocycles. The van der Waals surface area contributed by atoms with E-state index in [0.717, 1.165) is 38.8 Å². The van der Waals surface area contributed by atoms with E-state index in [4.69, 9.17) is 16.3 Å². The van der Waals surface area contributed by atoms with Gasteiger partial charge in [-0.25, -0.2) is 0 Å². The number of fused-ring (bicyclic) bond motifs is 1. The Kier molecular flexibility index (Phi) is 4.70. The van der Waals surface area contributed by atoms with Crippen molar-refractivity contribution in [1.29, 1.82) is 0 Å². The lowest BCUT2D eigenvalue weighted by atomic mass is 9.58. The maximum Gasteiger partial charge on any atom is 0.228 e. The highest BCUT2D eigenvalue weighted by atomic mass is 35.5. The lowest BCUT2D eigenvalue weighted by Crippen LogP contribution is -2.62. The lowest BCUT2D eigenvalue weighted by Gasteiger charge is -2.54. The number of amides is 1. The van der Waals surface area contributed by atoms with Gasteiger partial charge in [-0.2, -0.15) is 0 Å². The van der Waals surface area contributed by atoms with Crippen LogP contribution in [0.2, 0.25) is 0 Å². The second-order valence-electron chi connectivity index (χ2n) is 6.27. The Balaban J connectivity index is 1.70. The number of piperidine rings is 1. The van der Waals surface area contributed by atoms with Gasteiger partial charge in [0.25, 0.3) is 0 Å². The van der Waals surface area contributed by atoms with Crippen LogP contribution in [0.1, 0.15) is 32.1 Å². The van der Waals surface area contributed by atoms with Gasteiger partial charge >= 0.3 is 0 Å². The predicted molar refractivity (Wildman–Crippen MR) is 84.3 cm³/mol. The number of halogens is 1. The van der Waals surface area contributed by atoms with Crippen LogP contribution in [0.3, 0.4) is 0 Å². The van der Waals surface area contributed by atoms with E-state index in [1.54, 1.807) is 0 Å². The summed E-state index contributed by atoms with van der Waals surface area (Å²) in [6, 6.07) is 0. The number of likely N-dealkylation sites (tertiary alicyclic amines) is 1. The maximum atomic E-state index is 12.8. The summed E-state index contributed by atoms with van der Waals surface area (Å²) in [6.07, 6.45) is 13.6. The molecule has 1 saturated heterocycles. The Morgan fingerprint density at radius 3 is 2.81 bits per heavy atom. The molecule has 21 heavy (non-hydrogen) atoms. The summed E-state index contributed by atoms with van der Waals surface area (Å²) < 4.78 is 6.16. The smallest absolute Gasteiger partial charge is 0.228 e. The van der Waals surface area contributed by atoms with Gasteiger partial charge in [0.15, 0.2) is 0 Å². The van der Waals surface area contributed by atoms with Gasteiger partial charge in [0.05, 0.1) is 5.92 Å². The molecule has 1 amide bonds. The van der Waals surface area contributed by atoms with Gasteiger partial charge in [-0.1, -0.05) is 24.3 Å². The molecule has 0 N–H and O–H groups in total. The molecule has 116 valence electrons. The van der Waals surface area contributed by atoms with Crippen molar-refractivity contribution in [2.45, 2.75) is 37.7 Å². The zero-order valence-corrected chi connectivity index (χ0v) is 13.2. The molecule has 4 heteroatoms. The highest BCUT2D eigenvalue weighted by Gasteiger charge is 2.58. The van der Waals surface area contributed by atoms with Crippen molar-refractivity contribution < 1.29 is 9.53 Å². The molecule has 3 unspecified atom stereocenters. The molecule has 1 aliphatic heterocycles. The molecule has 2 fully saturated rings. The standard InChI is InChI=1S/C17H24ClNO2/c18-9-6-12-21-17-8-3-2-7-14(17)13-15(17)16(20)19-10-4-1-5-11-19/h2-3,7-8,14-15H,1,4-6,9-13H2. The van der Waals surface area contributed by atoms with E-state index in [9.17, 15) is 4.79 Å². The van der Waals surface area contributed by atoms with E-state index in [2.05, 4.69) is 18.2 Å². The summed E-state index contributed by atoms with van der Waals surface area (Å²) in [5.41, 5.74) is -0.407. The molecule has 0 aromatic carbocycles. The molecular weight excluding hydrogens is 286 g/mol. The molecule has 0 aromatic rings. The van der Waals surface area contributed by atoms with Crippen molar-refractivity contribution in [3.8, 4) is 0 Å². The van der Waals surface area contributed by atoms with Crippen molar-refractivity contribution in [1.82, 2.24) is 4.90 Å². The highest BCUT2D eigenvalue weighted by Crippen LogP contribution is 2.51.